The Bertz CT molecular complexity index is 267. The molecule has 0 aliphatic heterocycles. The van der Waals surface area contributed by atoms with E-state index in [0.29, 0.717) is 12.8 Å². The summed E-state index contributed by atoms with van der Waals surface area (Å²) in [6.45, 7) is 4.38. The Kier molecular flexibility index (Phi) is 17.4. The second kappa shape index (κ2) is 17.8. The Morgan fingerprint density at radius 3 is 1.35 bits per heavy atom. The van der Waals surface area contributed by atoms with E-state index in [4.69, 9.17) is 7.53 Å². The summed E-state index contributed by atoms with van der Waals surface area (Å²) in [6, 6.07) is 0. The van der Waals surface area contributed by atoms with Gasteiger partial charge in [0.25, 0.3) is 0 Å². The molecule has 0 fully saturated rings. The molecule has 0 spiro atoms. The normalized spacial score (nSPS) is 10.5. The monoisotopic (exact) mass is 388 g/mol. The van der Waals surface area contributed by atoms with E-state index in [1.54, 1.807) is 0 Å². The fraction of sp³-hybridized carbons (Fsp3) is 0.889. The Morgan fingerprint density at radius 2 is 0.957 bits per heavy atom. The molecule has 23 heavy (non-hydrogen) atoms. The number of hydrogen-bond donors (Lipinski definition) is 0. The van der Waals surface area contributed by atoms with E-state index in [1.807, 2.05) is 0 Å². The van der Waals surface area contributed by atoms with Gasteiger partial charge in [-0.3, -0.25) is 0 Å². The molecule has 0 aromatic rings. The van der Waals surface area contributed by atoms with Gasteiger partial charge in [-0.1, -0.05) is 0 Å². The molecule has 0 amide bonds. The molecule has 0 unspecified atom stereocenters. The van der Waals surface area contributed by atoms with Crippen LogP contribution in [0, 0.1) is 0 Å². The predicted molar refractivity (Wildman–Crippen MR) is 93.9 cm³/mol. The molecule has 0 aromatic carbocycles. The zero-order valence-corrected chi connectivity index (χ0v) is 17.1. The van der Waals surface area contributed by atoms with Crippen LogP contribution in [-0.4, -0.2) is 28.0 Å². The maximum atomic E-state index is 11.5. The summed E-state index contributed by atoms with van der Waals surface area (Å²) in [4.78, 5) is 23.0. The first-order valence-corrected chi connectivity index (χ1v) is 11.1. The SMILES string of the molecule is CCCCCCCCC(=O)[O][Ge][O]C(=O)CCCCCCCC. The van der Waals surface area contributed by atoms with Crippen molar-refractivity contribution < 1.29 is 17.1 Å². The zero-order chi connectivity index (χ0) is 17.2. The van der Waals surface area contributed by atoms with E-state index in [9.17, 15) is 9.59 Å². The number of carbonyl (C=O) groups excluding carboxylic acids is 2. The standard InChI is InChI=1S/C18H34GeO4/c1-3-5-7-9-11-13-15-17(20)22-19-23-18(21)16-14-12-10-8-6-4-2/h3-16H2,1-2H3. The third-order valence-electron chi connectivity index (χ3n) is 3.78. The van der Waals surface area contributed by atoms with Gasteiger partial charge in [0.2, 0.25) is 0 Å². The van der Waals surface area contributed by atoms with Gasteiger partial charge in [-0.25, -0.2) is 0 Å². The molecule has 0 rings (SSSR count). The third kappa shape index (κ3) is 17.7. The molecular weight excluding hydrogens is 353 g/mol. The quantitative estimate of drug-likeness (QED) is 0.273. The Labute approximate surface area is 149 Å². The van der Waals surface area contributed by atoms with Crippen LogP contribution < -0.4 is 0 Å². The summed E-state index contributed by atoms with van der Waals surface area (Å²) < 4.78 is 10.1. The Hall–Kier alpha value is -0.517. The van der Waals surface area contributed by atoms with Crippen LogP contribution >= 0.6 is 0 Å². The van der Waals surface area contributed by atoms with E-state index < -0.39 is 16.1 Å². The minimum atomic E-state index is -1.35. The average Bonchev–Trinajstić information content (AvgIpc) is 2.54. The van der Waals surface area contributed by atoms with Crippen molar-refractivity contribution in [2.75, 3.05) is 0 Å². The van der Waals surface area contributed by atoms with E-state index in [-0.39, 0.29) is 11.9 Å². The van der Waals surface area contributed by atoms with Crippen LogP contribution in [0.5, 0.6) is 0 Å². The van der Waals surface area contributed by atoms with Crippen LogP contribution in [0.4, 0.5) is 0 Å². The number of unbranched alkanes of at least 4 members (excludes halogenated alkanes) is 10. The van der Waals surface area contributed by atoms with Gasteiger partial charge in [0.1, 0.15) is 0 Å². The van der Waals surface area contributed by atoms with Crippen LogP contribution in [0.25, 0.3) is 0 Å². The molecule has 0 bridgehead atoms. The van der Waals surface area contributed by atoms with Crippen LogP contribution in [0.3, 0.4) is 0 Å². The van der Waals surface area contributed by atoms with E-state index >= 15 is 0 Å². The predicted octanol–water partition coefficient (Wildman–Crippen LogP) is 5.11. The van der Waals surface area contributed by atoms with Crippen molar-refractivity contribution in [2.24, 2.45) is 0 Å². The Morgan fingerprint density at radius 1 is 0.609 bits per heavy atom. The maximum absolute atomic E-state index is 11.5. The molecule has 5 heteroatoms. The fourth-order valence-electron chi connectivity index (χ4n) is 2.32. The van der Waals surface area contributed by atoms with E-state index in [1.165, 1.54) is 51.4 Å². The van der Waals surface area contributed by atoms with Gasteiger partial charge < -0.3 is 0 Å². The van der Waals surface area contributed by atoms with Crippen molar-refractivity contribution in [3.8, 4) is 0 Å². The summed E-state index contributed by atoms with van der Waals surface area (Å²) in [5, 5.41) is 0. The van der Waals surface area contributed by atoms with Crippen molar-refractivity contribution in [1.82, 2.24) is 0 Å². The molecule has 4 nitrogen and oxygen atoms in total. The molecule has 0 N–H and O–H groups in total. The molecule has 2 radical (unpaired) electrons. The molecule has 134 valence electrons. The van der Waals surface area contributed by atoms with Gasteiger partial charge in [-0.05, 0) is 0 Å². The Balaban J connectivity index is 3.33. The van der Waals surface area contributed by atoms with Gasteiger partial charge in [0.15, 0.2) is 0 Å². The fourth-order valence-corrected chi connectivity index (χ4v) is 3.22. The molecule has 0 saturated carbocycles. The van der Waals surface area contributed by atoms with Crippen molar-refractivity contribution in [2.45, 2.75) is 104 Å². The number of rotatable bonds is 16. The molecule has 0 aromatic heterocycles. The van der Waals surface area contributed by atoms with Crippen molar-refractivity contribution in [3.63, 3.8) is 0 Å². The summed E-state index contributed by atoms with van der Waals surface area (Å²) in [5.74, 6) is -0.430. The first-order valence-electron chi connectivity index (χ1n) is 9.35. The summed E-state index contributed by atoms with van der Waals surface area (Å²) >= 11 is -1.35. The van der Waals surface area contributed by atoms with Crippen LogP contribution in [-0.2, 0) is 17.1 Å². The average molecular weight is 387 g/mol. The molecule has 0 saturated heterocycles. The topological polar surface area (TPSA) is 52.6 Å². The molecular formula is C18H34GeO4. The first-order chi connectivity index (χ1) is 11.2. The molecule has 0 aliphatic carbocycles. The second-order valence-corrected chi connectivity index (χ2v) is 7.27. The van der Waals surface area contributed by atoms with E-state index in [2.05, 4.69) is 13.8 Å². The van der Waals surface area contributed by atoms with Gasteiger partial charge in [-0.15, -0.1) is 0 Å². The van der Waals surface area contributed by atoms with Crippen molar-refractivity contribution >= 4 is 28.0 Å². The number of hydrogen-bond acceptors (Lipinski definition) is 4. The van der Waals surface area contributed by atoms with Crippen LogP contribution in [0.15, 0.2) is 0 Å². The molecule has 0 aliphatic rings. The third-order valence-corrected chi connectivity index (χ3v) is 5.08. The minimum absolute atomic E-state index is 0.215. The number of carbonyl (C=O) groups is 2. The van der Waals surface area contributed by atoms with Crippen molar-refractivity contribution in [1.29, 1.82) is 0 Å². The summed E-state index contributed by atoms with van der Waals surface area (Å²) in [6.07, 6.45) is 14.7. The second-order valence-electron chi connectivity index (χ2n) is 6.07. The summed E-state index contributed by atoms with van der Waals surface area (Å²) in [7, 11) is 0. The summed E-state index contributed by atoms with van der Waals surface area (Å²) in [5.41, 5.74) is 0. The zero-order valence-electron chi connectivity index (χ0n) is 15.0. The van der Waals surface area contributed by atoms with Crippen LogP contribution in [0.2, 0.25) is 0 Å². The van der Waals surface area contributed by atoms with Crippen LogP contribution in [0.1, 0.15) is 104 Å². The van der Waals surface area contributed by atoms with Gasteiger partial charge in [-0.2, -0.15) is 0 Å². The molecule has 0 heterocycles. The van der Waals surface area contributed by atoms with Crippen molar-refractivity contribution in [3.05, 3.63) is 0 Å². The van der Waals surface area contributed by atoms with Gasteiger partial charge in [0, 0.05) is 0 Å². The van der Waals surface area contributed by atoms with E-state index in [0.717, 1.165) is 25.7 Å². The van der Waals surface area contributed by atoms with Gasteiger partial charge in [0.05, 0.1) is 0 Å². The molecule has 0 atom stereocenters. The first kappa shape index (κ1) is 22.5. The van der Waals surface area contributed by atoms with Gasteiger partial charge >= 0.3 is 149 Å².